The summed E-state index contributed by atoms with van der Waals surface area (Å²) < 4.78 is 0. The van der Waals surface area contributed by atoms with Gasteiger partial charge in [0.05, 0.1) is 28.8 Å². The van der Waals surface area contributed by atoms with Crippen LogP contribution in [0.4, 0.5) is 16.2 Å². The maximum Gasteiger partial charge on any atom is 0.321 e. The zero-order chi connectivity index (χ0) is 14.6. The highest BCUT2D eigenvalue weighted by atomic mass is 16.6. The number of carbonyl (C=O) groups is 1. The summed E-state index contributed by atoms with van der Waals surface area (Å²) >= 11 is 0. The topological polar surface area (TPSA) is 95.7 Å². The summed E-state index contributed by atoms with van der Waals surface area (Å²) in [6.45, 7) is 3.11. The predicted octanol–water partition coefficient (Wildman–Crippen LogP) is 1.75. The van der Waals surface area contributed by atoms with E-state index >= 15 is 0 Å². The number of hydrogen-bond acceptors (Lipinski definition) is 4. The predicted molar refractivity (Wildman–Crippen MR) is 71.2 cm³/mol. The molecule has 1 aromatic rings. The van der Waals surface area contributed by atoms with Gasteiger partial charge >= 0.3 is 6.03 Å². The van der Waals surface area contributed by atoms with Crippen molar-refractivity contribution >= 4 is 17.4 Å². The van der Waals surface area contributed by atoms with E-state index in [-0.39, 0.29) is 18.3 Å². The molecule has 0 aliphatic heterocycles. The first kappa shape index (κ1) is 14.9. The Hall–Kier alpha value is -2.15. The van der Waals surface area contributed by atoms with Crippen LogP contribution in [0.3, 0.4) is 0 Å². The number of likely N-dealkylation sites (N-methyl/N-ethyl adjacent to an activating group) is 1. The van der Waals surface area contributed by atoms with Crippen LogP contribution >= 0.6 is 0 Å². The lowest BCUT2D eigenvalue weighted by Crippen LogP contribution is -2.40. The minimum absolute atomic E-state index is 0.0457. The Morgan fingerprint density at radius 2 is 2.21 bits per heavy atom. The fraction of sp³-hybridized carbons (Fsp3) is 0.417. The summed E-state index contributed by atoms with van der Waals surface area (Å²) in [4.78, 5) is 23.5. The van der Waals surface area contributed by atoms with Crippen LogP contribution in [0.25, 0.3) is 0 Å². The van der Waals surface area contributed by atoms with Gasteiger partial charge in [-0.2, -0.15) is 0 Å². The number of carbonyl (C=O) groups excluding carboxylic acids is 1. The van der Waals surface area contributed by atoms with Crippen molar-refractivity contribution in [3.05, 3.63) is 33.9 Å². The van der Waals surface area contributed by atoms with Crippen LogP contribution in [-0.4, -0.2) is 40.7 Å². The van der Waals surface area contributed by atoms with Crippen molar-refractivity contribution in [3.63, 3.8) is 0 Å². The molecular weight excluding hydrogens is 250 g/mol. The highest BCUT2D eigenvalue weighted by Gasteiger charge is 2.18. The van der Waals surface area contributed by atoms with E-state index in [1.54, 1.807) is 27.0 Å². The van der Waals surface area contributed by atoms with Crippen LogP contribution in [0.1, 0.15) is 12.5 Å². The number of amides is 2. The molecule has 0 fully saturated rings. The summed E-state index contributed by atoms with van der Waals surface area (Å²) in [5, 5.41) is 22.4. The number of nitrogens with zero attached hydrogens (tertiary/aromatic N) is 2. The lowest BCUT2D eigenvalue weighted by atomic mass is 10.1. The molecule has 7 heteroatoms. The normalized spacial score (nSPS) is 11.8. The van der Waals surface area contributed by atoms with Gasteiger partial charge in [-0.25, -0.2) is 4.79 Å². The number of benzene rings is 1. The molecule has 1 rings (SSSR count). The Bertz CT molecular complexity index is 490. The van der Waals surface area contributed by atoms with Crippen LogP contribution in [0.5, 0.6) is 0 Å². The summed E-state index contributed by atoms with van der Waals surface area (Å²) in [5.41, 5.74) is 0.734. The third-order valence-corrected chi connectivity index (χ3v) is 2.99. The molecule has 0 spiro atoms. The zero-order valence-corrected chi connectivity index (χ0v) is 11.1. The molecule has 19 heavy (non-hydrogen) atoms. The number of nitro groups is 1. The first-order valence-corrected chi connectivity index (χ1v) is 5.77. The smallest absolute Gasteiger partial charge is 0.321 e. The number of aliphatic hydroxyl groups is 1. The first-order chi connectivity index (χ1) is 8.88. The molecule has 7 nitrogen and oxygen atoms in total. The molecule has 2 N–H and O–H groups in total. The van der Waals surface area contributed by atoms with Gasteiger partial charge in [0, 0.05) is 13.1 Å². The van der Waals surface area contributed by atoms with Gasteiger partial charge in [0.25, 0.3) is 5.69 Å². The van der Waals surface area contributed by atoms with Crippen LogP contribution in [0.15, 0.2) is 18.2 Å². The number of nitro benzene ring substituents is 1. The van der Waals surface area contributed by atoms with Gasteiger partial charge < -0.3 is 15.3 Å². The summed E-state index contributed by atoms with van der Waals surface area (Å²) in [6, 6.07) is 3.73. The SMILES string of the molecule is Cc1c(NC(=O)N(C)C(C)CO)cccc1[N+](=O)[O-]. The monoisotopic (exact) mass is 267 g/mol. The fourth-order valence-electron chi connectivity index (χ4n) is 1.48. The lowest BCUT2D eigenvalue weighted by Gasteiger charge is -2.23. The quantitative estimate of drug-likeness (QED) is 0.641. The van der Waals surface area contributed by atoms with Crippen molar-refractivity contribution in [2.24, 2.45) is 0 Å². The van der Waals surface area contributed by atoms with Crippen molar-refractivity contribution in [1.82, 2.24) is 4.90 Å². The average Bonchev–Trinajstić information content (AvgIpc) is 2.38. The Labute approximate surface area is 111 Å². The van der Waals surface area contributed by atoms with Gasteiger partial charge in [0.15, 0.2) is 0 Å². The van der Waals surface area contributed by atoms with Crippen molar-refractivity contribution in [3.8, 4) is 0 Å². The van der Waals surface area contributed by atoms with Gasteiger partial charge in [0.2, 0.25) is 0 Å². The standard InChI is InChI=1S/C12H17N3O4/c1-8(7-16)14(3)12(17)13-10-5-4-6-11(9(10)2)15(18)19/h4-6,8,16H,7H2,1-3H3,(H,13,17). The van der Waals surface area contributed by atoms with E-state index in [1.165, 1.54) is 17.0 Å². The highest BCUT2D eigenvalue weighted by molar-refractivity contribution is 5.90. The molecular formula is C12H17N3O4. The molecule has 104 valence electrons. The Kier molecular flexibility index (Phi) is 4.82. The second kappa shape index (κ2) is 6.14. The molecule has 0 aliphatic carbocycles. The second-order valence-corrected chi connectivity index (χ2v) is 4.28. The third-order valence-electron chi connectivity index (χ3n) is 2.99. The average molecular weight is 267 g/mol. The van der Waals surface area contributed by atoms with Gasteiger partial charge in [-0.3, -0.25) is 10.1 Å². The lowest BCUT2D eigenvalue weighted by molar-refractivity contribution is -0.385. The number of urea groups is 1. The van der Waals surface area contributed by atoms with Crippen LogP contribution in [0.2, 0.25) is 0 Å². The van der Waals surface area contributed by atoms with Gasteiger partial charge in [0.1, 0.15) is 0 Å². The van der Waals surface area contributed by atoms with Gasteiger partial charge in [-0.15, -0.1) is 0 Å². The molecule has 0 bridgehead atoms. The highest BCUT2D eigenvalue weighted by Crippen LogP contribution is 2.25. The number of nitrogens with one attached hydrogen (secondary N) is 1. The number of aliphatic hydroxyl groups excluding tert-OH is 1. The van der Waals surface area contributed by atoms with Gasteiger partial charge in [-0.1, -0.05) is 6.07 Å². The van der Waals surface area contributed by atoms with E-state index in [1.807, 2.05) is 0 Å². The molecule has 0 aromatic heterocycles. The van der Waals surface area contributed by atoms with E-state index < -0.39 is 11.0 Å². The molecule has 0 heterocycles. The van der Waals surface area contributed by atoms with Crippen molar-refractivity contribution < 1.29 is 14.8 Å². The van der Waals surface area contributed by atoms with Gasteiger partial charge in [-0.05, 0) is 19.9 Å². The molecule has 2 amide bonds. The van der Waals surface area contributed by atoms with E-state index in [0.717, 1.165) is 0 Å². The second-order valence-electron chi connectivity index (χ2n) is 4.28. The van der Waals surface area contributed by atoms with Crippen LogP contribution < -0.4 is 5.32 Å². The third kappa shape index (κ3) is 3.41. The van der Waals surface area contributed by atoms with Crippen molar-refractivity contribution in [2.45, 2.75) is 19.9 Å². The van der Waals surface area contributed by atoms with Crippen LogP contribution in [0, 0.1) is 17.0 Å². The summed E-state index contributed by atoms with van der Waals surface area (Å²) in [6.07, 6.45) is 0. The van der Waals surface area contributed by atoms with E-state index in [0.29, 0.717) is 11.3 Å². The molecule has 1 unspecified atom stereocenters. The maximum atomic E-state index is 11.9. The largest absolute Gasteiger partial charge is 0.394 e. The minimum Gasteiger partial charge on any atom is -0.394 e. The van der Waals surface area contributed by atoms with E-state index in [9.17, 15) is 14.9 Å². The van der Waals surface area contributed by atoms with E-state index in [2.05, 4.69) is 5.32 Å². The number of anilines is 1. The molecule has 0 saturated carbocycles. The Morgan fingerprint density at radius 3 is 2.74 bits per heavy atom. The summed E-state index contributed by atoms with van der Waals surface area (Å²) in [5.74, 6) is 0. The van der Waals surface area contributed by atoms with Crippen molar-refractivity contribution in [2.75, 3.05) is 19.0 Å². The summed E-state index contributed by atoms with van der Waals surface area (Å²) in [7, 11) is 1.54. The van der Waals surface area contributed by atoms with Crippen molar-refractivity contribution in [1.29, 1.82) is 0 Å². The number of rotatable bonds is 4. The molecule has 0 saturated heterocycles. The Balaban J connectivity index is 2.92. The van der Waals surface area contributed by atoms with Crippen LogP contribution in [-0.2, 0) is 0 Å². The maximum absolute atomic E-state index is 11.9. The molecule has 1 atom stereocenters. The molecule has 0 aliphatic rings. The Morgan fingerprint density at radius 1 is 1.58 bits per heavy atom. The molecule has 1 aromatic carbocycles. The minimum atomic E-state index is -0.495. The zero-order valence-electron chi connectivity index (χ0n) is 11.1. The first-order valence-electron chi connectivity index (χ1n) is 5.77. The van der Waals surface area contributed by atoms with E-state index in [4.69, 9.17) is 5.11 Å². The number of hydrogen-bond donors (Lipinski definition) is 2. The molecule has 0 radical (unpaired) electrons. The fourth-order valence-corrected chi connectivity index (χ4v) is 1.48.